The van der Waals surface area contributed by atoms with Crippen molar-refractivity contribution in [2.75, 3.05) is 4.90 Å². The summed E-state index contributed by atoms with van der Waals surface area (Å²) in [6.07, 6.45) is 0. The highest BCUT2D eigenvalue weighted by Gasteiger charge is 2.40. The molecule has 0 atom stereocenters. The minimum atomic E-state index is -0.429. The highest BCUT2D eigenvalue weighted by atomic mass is 35.5. The molecule has 1 aliphatic heterocycles. The molecule has 2 amide bonds. The van der Waals surface area contributed by atoms with E-state index in [-0.39, 0.29) is 5.57 Å². The molecule has 0 saturated carbocycles. The summed E-state index contributed by atoms with van der Waals surface area (Å²) < 4.78 is 13.4. The Labute approximate surface area is 176 Å². The third-order valence-electron chi connectivity index (χ3n) is 4.50. The first-order valence-corrected chi connectivity index (χ1v) is 10.0. The van der Waals surface area contributed by atoms with Crippen LogP contribution < -0.4 is 4.90 Å². The number of amides is 2. The van der Waals surface area contributed by atoms with Crippen LogP contribution in [0.15, 0.2) is 82.6 Å². The Kier molecular flexibility index (Phi) is 5.26. The van der Waals surface area contributed by atoms with Crippen LogP contribution in [0.25, 0.3) is 5.57 Å². The van der Waals surface area contributed by atoms with E-state index in [1.165, 1.54) is 36.0 Å². The molecule has 4 rings (SSSR count). The van der Waals surface area contributed by atoms with Gasteiger partial charge in [0.05, 0.1) is 16.2 Å². The van der Waals surface area contributed by atoms with Crippen molar-refractivity contribution in [1.82, 2.24) is 0 Å². The molecule has 6 heteroatoms. The van der Waals surface area contributed by atoms with Crippen molar-refractivity contribution >= 4 is 46.4 Å². The summed E-state index contributed by atoms with van der Waals surface area (Å²) in [6, 6.07) is 19.8. The zero-order chi connectivity index (χ0) is 20.5. The lowest BCUT2D eigenvalue weighted by molar-refractivity contribution is -0.119. The third-order valence-corrected chi connectivity index (χ3v) is 5.84. The molecule has 3 nitrogen and oxygen atoms in total. The molecule has 0 bridgehead atoms. The molecule has 0 unspecified atom stereocenters. The number of carbonyl (C=O) groups excluding carboxylic acids is 2. The van der Waals surface area contributed by atoms with Crippen LogP contribution in [0, 0.1) is 12.7 Å². The van der Waals surface area contributed by atoms with Crippen molar-refractivity contribution in [3.63, 3.8) is 0 Å². The van der Waals surface area contributed by atoms with E-state index in [0.717, 1.165) is 15.4 Å². The van der Waals surface area contributed by atoms with Gasteiger partial charge in [-0.1, -0.05) is 53.2 Å². The van der Waals surface area contributed by atoms with Crippen LogP contribution in [-0.2, 0) is 9.59 Å². The fourth-order valence-electron chi connectivity index (χ4n) is 3.02. The molecular formula is C23H15ClFNO2S. The van der Waals surface area contributed by atoms with Crippen LogP contribution in [0.3, 0.4) is 0 Å². The molecule has 1 aliphatic rings. The smallest absolute Gasteiger partial charge is 0.268 e. The normalized spacial score (nSPS) is 14.1. The summed E-state index contributed by atoms with van der Waals surface area (Å²) >= 11 is 7.15. The molecule has 0 aliphatic carbocycles. The van der Waals surface area contributed by atoms with Crippen LogP contribution in [0.4, 0.5) is 10.1 Å². The van der Waals surface area contributed by atoms with E-state index in [2.05, 4.69) is 0 Å². The number of hydrogen-bond donors (Lipinski definition) is 0. The first-order valence-electron chi connectivity index (χ1n) is 8.83. The zero-order valence-electron chi connectivity index (χ0n) is 15.4. The van der Waals surface area contributed by atoms with Gasteiger partial charge >= 0.3 is 0 Å². The second kappa shape index (κ2) is 7.85. The minimum absolute atomic E-state index is 0.260. The largest absolute Gasteiger partial charge is 0.272 e. The Morgan fingerprint density at radius 3 is 2.07 bits per heavy atom. The van der Waals surface area contributed by atoms with Gasteiger partial charge in [0.1, 0.15) is 5.82 Å². The average Bonchev–Trinajstić information content (AvgIpc) is 2.95. The third kappa shape index (κ3) is 3.84. The second-order valence-electron chi connectivity index (χ2n) is 6.55. The molecule has 3 aromatic rings. The van der Waals surface area contributed by atoms with Gasteiger partial charge in [-0.15, -0.1) is 0 Å². The zero-order valence-corrected chi connectivity index (χ0v) is 16.9. The standard InChI is InChI=1S/C23H15ClFNO2S/c1-14-2-10-18(11-3-14)26-22(27)20(15-4-8-17(25)9-5-15)21(23(26)28)29-19-12-6-16(24)7-13-19/h2-13H,1H3. The number of benzene rings is 3. The number of anilines is 1. The lowest BCUT2D eigenvalue weighted by Crippen LogP contribution is -2.31. The van der Waals surface area contributed by atoms with Gasteiger partial charge in [-0.3, -0.25) is 9.59 Å². The minimum Gasteiger partial charge on any atom is -0.268 e. The van der Waals surface area contributed by atoms with E-state index in [9.17, 15) is 14.0 Å². The lowest BCUT2D eigenvalue weighted by Gasteiger charge is -2.15. The van der Waals surface area contributed by atoms with Gasteiger partial charge in [0.25, 0.3) is 11.8 Å². The van der Waals surface area contributed by atoms with E-state index in [1.807, 2.05) is 19.1 Å². The second-order valence-corrected chi connectivity index (χ2v) is 8.07. The fourth-order valence-corrected chi connectivity index (χ4v) is 4.14. The number of carbonyl (C=O) groups is 2. The van der Waals surface area contributed by atoms with Gasteiger partial charge < -0.3 is 0 Å². The Balaban J connectivity index is 1.80. The van der Waals surface area contributed by atoms with Crippen molar-refractivity contribution in [3.8, 4) is 0 Å². The fraction of sp³-hybridized carbons (Fsp3) is 0.0435. The Morgan fingerprint density at radius 1 is 0.828 bits per heavy atom. The van der Waals surface area contributed by atoms with E-state index in [4.69, 9.17) is 11.6 Å². The van der Waals surface area contributed by atoms with Gasteiger partial charge in [-0.25, -0.2) is 9.29 Å². The lowest BCUT2D eigenvalue weighted by atomic mass is 10.1. The highest BCUT2D eigenvalue weighted by Crippen LogP contribution is 2.41. The van der Waals surface area contributed by atoms with Crippen LogP contribution in [0.2, 0.25) is 5.02 Å². The first kappa shape index (κ1) is 19.4. The number of imide groups is 1. The molecule has 1 heterocycles. The predicted molar refractivity (Wildman–Crippen MR) is 114 cm³/mol. The van der Waals surface area contributed by atoms with E-state index >= 15 is 0 Å². The van der Waals surface area contributed by atoms with Crippen molar-refractivity contribution in [3.05, 3.63) is 99.7 Å². The van der Waals surface area contributed by atoms with Gasteiger partial charge in [-0.05, 0) is 61.0 Å². The van der Waals surface area contributed by atoms with Gasteiger partial charge in [0.2, 0.25) is 0 Å². The topological polar surface area (TPSA) is 37.4 Å². The van der Waals surface area contributed by atoms with Crippen LogP contribution >= 0.6 is 23.4 Å². The maximum absolute atomic E-state index is 13.4. The molecule has 3 aromatic carbocycles. The molecule has 0 radical (unpaired) electrons. The molecule has 0 saturated heterocycles. The van der Waals surface area contributed by atoms with Crippen molar-refractivity contribution in [1.29, 1.82) is 0 Å². The van der Waals surface area contributed by atoms with E-state index in [0.29, 0.717) is 21.2 Å². The van der Waals surface area contributed by atoms with Crippen molar-refractivity contribution in [2.24, 2.45) is 0 Å². The SMILES string of the molecule is Cc1ccc(N2C(=O)C(Sc3ccc(Cl)cc3)=C(c3ccc(F)cc3)C2=O)cc1. The van der Waals surface area contributed by atoms with Gasteiger partial charge in [0.15, 0.2) is 0 Å². The first-order chi connectivity index (χ1) is 13.9. The van der Waals surface area contributed by atoms with Crippen LogP contribution in [-0.4, -0.2) is 11.8 Å². The number of hydrogen-bond acceptors (Lipinski definition) is 3. The quantitative estimate of drug-likeness (QED) is 0.493. The highest BCUT2D eigenvalue weighted by molar-refractivity contribution is 8.04. The van der Waals surface area contributed by atoms with E-state index in [1.54, 1.807) is 36.4 Å². The van der Waals surface area contributed by atoms with Gasteiger partial charge in [0, 0.05) is 9.92 Å². The maximum Gasteiger partial charge on any atom is 0.272 e. The molecule has 0 fully saturated rings. The molecule has 29 heavy (non-hydrogen) atoms. The molecular weight excluding hydrogens is 409 g/mol. The van der Waals surface area contributed by atoms with Crippen LogP contribution in [0.5, 0.6) is 0 Å². The van der Waals surface area contributed by atoms with E-state index < -0.39 is 17.6 Å². The molecule has 0 spiro atoms. The van der Waals surface area contributed by atoms with Crippen molar-refractivity contribution < 1.29 is 14.0 Å². The Morgan fingerprint density at radius 2 is 1.45 bits per heavy atom. The summed E-state index contributed by atoms with van der Waals surface area (Å²) in [6.45, 7) is 1.93. The van der Waals surface area contributed by atoms with Gasteiger partial charge in [-0.2, -0.15) is 0 Å². The number of halogens is 2. The summed E-state index contributed by atoms with van der Waals surface area (Å²) in [5, 5.41) is 0.581. The number of rotatable bonds is 4. The average molecular weight is 424 g/mol. The Hall–Kier alpha value is -2.89. The molecule has 144 valence electrons. The summed E-state index contributed by atoms with van der Waals surface area (Å²) in [5.74, 6) is -1.24. The number of thioether (sulfide) groups is 1. The molecule has 0 aromatic heterocycles. The van der Waals surface area contributed by atoms with Crippen LogP contribution in [0.1, 0.15) is 11.1 Å². The summed E-state index contributed by atoms with van der Waals surface area (Å²) in [4.78, 5) is 28.7. The number of aryl methyl sites for hydroxylation is 1. The monoisotopic (exact) mass is 423 g/mol. The summed E-state index contributed by atoms with van der Waals surface area (Å²) in [5.41, 5.74) is 2.28. The Bertz CT molecular complexity index is 1120. The predicted octanol–water partition coefficient (Wildman–Crippen LogP) is 5.86. The maximum atomic E-state index is 13.4. The van der Waals surface area contributed by atoms with Crippen molar-refractivity contribution in [2.45, 2.75) is 11.8 Å². The molecule has 0 N–H and O–H groups in total. The number of nitrogens with zero attached hydrogens (tertiary/aromatic N) is 1. The summed E-state index contributed by atoms with van der Waals surface area (Å²) in [7, 11) is 0.